The fourth-order valence-electron chi connectivity index (χ4n) is 2.35. The minimum absolute atomic E-state index is 0.102. The molecule has 2 rings (SSSR count). The summed E-state index contributed by atoms with van der Waals surface area (Å²) in [5.41, 5.74) is 0.570. The Bertz CT molecular complexity index is 620. The van der Waals surface area contributed by atoms with E-state index in [1.165, 1.54) is 6.92 Å². The maximum atomic E-state index is 12.2. The van der Waals surface area contributed by atoms with E-state index < -0.39 is 17.8 Å². The van der Waals surface area contributed by atoms with E-state index in [4.69, 9.17) is 0 Å². The van der Waals surface area contributed by atoms with Crippen LogP contribution in [0.15, 0.2) is 12.2 Å². The number of allylic oxidation sites excluding steroid dienone is 2. The normalized spacial score (nSPS) is 21.0. The largest absolute Gasteiger partial charge is 0.481 e. The number of amides is 1. The van der Waals surface area contributed by atoms with Crippen LogP contribution in [0.5, 0.6) is 0 Å². The molecule has 0 saturated heterocycles. The van der Waals surface area contributed by atoms with Crippen LogP contribution in [-0.4, -0.2) is 27.8 Å². The van der Waals surface area contributed by atoms with Gasteiger partial charge in [-0.2, -0.15) is 0 Å². The summed E-state index contributed by atoms with van der Waals surface area (Å²) in [6, 6.07) is 0. The lowest BCUT2D eigenvalue weighted by atomic mass is 9.82. The number of rotatable bonds is 4. The lowest BCUT2D eigenvalue weighted by molar-refractivity contribution is -0.146. The second kappa shape index (κ2) is 6.17. The Hall–Kier alpha value is -2.02. The number of Topliss-reactive ketones (excluding diaryl/α,β-unsaturated/α-hetero) is 1. The van der Waals surface area contributed by atoms with Gasteiger partial charge in [-0.15, -0.1) is 0 Å². The van der Waals surface area contributed by atoms with Gasteiger partial charge < -0.3 is 10.4 Å². The molecule has 0 bridgehead atoms. The monoisotopic (exact) mass is 308 g/mol. The van der Waals surface area contributed by atoms with Crippen molar-refractivity contribution in [3.05, 3.63) is 22.7 Å². The maximum Gasteiger partial charge on any atom is 0.307 e. The molecule has 2 atom stereocenters. The molecule has 6 nitrogen and oxygen atoms in total. The summed E-state index contributed by atoms with van der Waals surface area (Å²) in [6.07, 6.45) is 4.34. The van der Waals surface area contributed by atoms with Crippen LogP contribution in [0.1, 0.15) is 35.1 Å². The molecule has 1 heterocycles. The van der Waals surface area contributed by atoms with Crippen LogP contribution in [0.4, 0.5) is 5.13 Å². The van der Waals surface area contributed by atoms with Crippen molar-refractivity contribution in [1.82, 2.24) is 4.98 Å². The van der Waals surface area contributed by atoms with Gasteiger partial charge in [0.2, 0.25) is 5.91 Å². The van der Waals surface area contributed by atoms with Gasteiger partial charge in [-0.05, 0) is 19.8 Å². The van der Waals surface area contributed by atoms with Gasteiger partial charge in [0, 0.05) is 6.92 Å². The van der Waals surface area contributed by atoms with Crippen LogP contribution in [0.3, 0.4) is 0 Å². The van der Waals surface area contributed by atoms with Crippen molar-refractivity contribution >= 4 is 34.1 Å². The van der Waals surface area contributed by atoms with E-state index in [0.29, 0.717) is 28.5 Å². The first kappa shape index (κ1) is 15.4. The number of carbonyl (C=O) groups excluding carboxylic acids is 2. The zero-order valence-corrected chi connectivity index (χ0v) is 12.6. The fourth-order valence-corrected chi connectivity index (χ4v) is 3.22. The third kappa shape index (κ3) is 3.36. The second-order valence-electron chi connectivity index (χ2n) is 4.97. The van der Waals surface area contributed by atoms with Crippen LogP contribution in [-0.2, 0) is 9.59 Å². The summed E-state index contributed by atoms with van der Waals surface area (Å²) >= 11 is 1.11. The Morgan fingerprint density at radius 3 is 2.43 bits per heavy atom. The third-order valence-electron chi connectivity index (χ3n) is 3.43. The van der Waals surface area contributed by atoms with Crippen molar-refractivity contribution < 1.29 is 19.5 Å². The number of nitrogens with one attached hydrogen (secondary N) is 1. The molecule has 1 aliphatic carbocycles. The Labute approximate surface area is 125 Å². The van der Waals surface area contributed by atoms with Gasteiger partial charge in [-0.1, -0.05) is 23.5 Å². The van der Waals surface area contributed by atoms with Crippen LogP contribution in [0.2, 0.25) is 0 Å². The van der Waals surface area contributed by atoms with E-state index in [2.05, 4.69) is 10.3 Å². The SMILES string of the molecule is CC(=O)c1sc(NC(=O)C2CC=CCC2C(=O)O)nc1C. The number of hydrogen-bond donors (Lipinski definition) is 2. The molecule has 1 aromatic heterocycles. The number of anilines is 1. The number of nitrogens with zero attached hydrogens (tertiary/aromatic N) is 1. The Balaban J connectivity index is 2.13. The Morgan fingerprint density at radius 2 is 1.90 bits per heavy atom. The minimum Gasteiger partial charge on any atom is -0.481 e. The highest BCUT2D eigenvalue weighted by Gasteiger charge is 2.34. The molecule has 7 heteroatoms. The van der Waals surface area contributed by atoms with Crippen molar-refractivity contribution in [2.75, 3.05) is 5.32 Å². The molecular formula is C14H16N2O4S. The Morgan fingerprint density at radius 1 is 1.29 bits per heavy atom. The van der Waals surface area contributed by atoms with Crippen LogP contribution in [0, 0.1) is 18.8 Å². The van der Waals surface area contributed by atoms with Gasteiger partial charge in [-0.25, -0.2) is 4.98 Å². The van der Waals surface area contributed by atoms with Crippen molar-refractivity contribution in [3.63, 3.8) is 0 Å². The quantitative estimate of drug-likeness (QED) is 0.657. The van der Waals surface area contributed by atoms with Crippen molar-refractivity contribution in [3.8, 4) is 0 Å². The lowest BCUT2D eigenvalue weighted by Crippen LogP contribution is -2.34. The molecule has 0 aromatic carbocycles. The highest BCUT2D eigenvalue weighted by Crippen LogP contribution is 2.29. The predicted octanol–water partition coefficient (Wildman–Crippen LogP) is 2.26. The first-order chi connectivity index (χ1) is 9.90. The van der Waals surface area contributed by atoms with Gasteiger partial charge in [0.05, 0.1) is 22.4 Å². The standard InChI is InChI=1S/C14H16N2O4S/c1-7-11(8(2)17)21-14(15-7)16-12(18)9-5-3-4-6-10(9)13(19)20/h3-4,9-10H,5-6H2,1-2H3,(H,19,20)(H,15,16,18). The van der Waals surface area contributed by atoms with Crippen LogP contribution >= 0.6 is 11.3 Å². The number of aryl methyl sites for hydroxylation is 1. The molecule has 1 aromatic rings. The molecule has 2 unspecified atom stereocenters. The summed E-state index contributed by atoms with van der Waals surface area (Å²) < 4.78 is 0. The maximum absolute atomic E-state index is 12.2. The van der Waals surface area contributed by atoms with Gasteiger partial charge in [0.15, 0.2) is 10.9 Å². The molecule has 2 N–H and O–H groups in total. The van der Waals surface area contributed by atoms with E-state index >= 15 is 0 Å². The minimum atomic E-state index is -0.973. The predicted molar refractivity (Wildman–Crippen MR) is 78.5 cm³/mol. The molecule has 0 saturated carbocycles. The summed E-state index contributed by atoms with van der Waals surface area (Å²) in [6.45, 7) is 3.14. The van der Waals surface area contributed by atoms with Crippen molar-refractivity contribution in [1.29, 1.82) is 0 Å². The van der Waals surface area contributed by atoms with E-state index in [-0.39, 0.29) is 11.7 Å². The molecule has 0 fully saturated rings. The van der Waals surface area contributed by atoms with Crippen molar-refractivity contribution in [2.24, 2.45) is 11.8 Å². The highest BCUT2D eigenvalue weighted by atomic mass is 32.1. The molecule has 112 valence electrons. The third-order valence-corrected chi connectivity index (χ3v) is 4.61. The first-order valence-corrected chi connectivity index (χ1v) is 7.38. The summed E-state index contributed by atoms with van der Waals surface area (Å²) in [4.78, 5) is 39.5. The van der Waals surface area contributed by atoms with E-state index in [9.17, 15) is 19.5 Å². The van der Waals surface area contributed by atoms with Crippen LogP contribution in [0.25, 0.3) is 0 Å². The topological polar surface area (TPSA) is 96.4 Å². The molecule has 1 amide bonds. The molecule has 1 aliphatic rings. The van der Waals surface area contributed by atoms with E-state index in [1.807, 2.05) is 6.08 Å². The number of aromatic nitrogens is 1. The van der Waals surface area contributed by atoms with E-state index in [0.717, 1.165) is 11.3 Å². The lowest BCUT2D eigenvalue weighted by Gasteiger charge is -2.23. The number of thiazole rings is 1. The molecule has 0 spiro atoms. The zero-order chi connectivity index (χ0) is 15.6. The van der Waals surface area contributed by atoms with Gasteiger partial charge in [-0.3, -0.25) is 14.4 Å². The average molecular weight is 308 g/mol. The van der Waals surface area contributed by atoms with E-state index in [1.54, 1.807) is 13.0 Å². The number of hydrogen-bond acceptors (Lipinski definition) is 5. The number of ketones is 1. The average Bonchev–Trinajstić information content (AvgIpc) is 2.79. The highest BCUT2D eigenvalue weighted by molar-refractivity contribution is 7.17. The summed E-state index contributed by atoms with van der Waals surface area (Å²) in [5, 5.41) is 12.1. The number of carbonyl (C=O) groups is 3. The summed E-state index contributed by atoms with van der Waals surface area (Å²) in [5.74, 6) is -2.77. The molecule has 21 heavy (non-hydrogen) atoms. The Kier molecular flexibility index (Phi) is 4.52. The fraction of sp³-hybridized carbons (Fsp3) is 0.429. The first-order valence-electron chi connectivity index (χ1n) is 6.57. The zero-order valence-electron chi connectivity index (χ0n) is 11.8. The molecular weight excluding hydrogens is 292 g/mol. The van der Waals surface area contributed by atoms with Crippen molar-refractivity contribution in [2.45, 2.75) is 26.7 Å². The van der Waals surface area contributed by atoms with Crippen LogP contribution < -0.4 is 5.32 Å². The van der Waals surface area contributed by atoms with Gasteiger partial charge >= 0.3 is 5.97 Å². The second-order valence-corrected chi connectivity index (χ2v) is 5.97. The van der Waals surface area contributed by atoms with Gasteiger partial charge in [0.1, 0.15) is 0 Å². The number of aliphatic carboxylic acids is 1. The molecule has 0 radical (unpaired) electrons. The molecule has 0 aliphatic heterocycles. The van der Waals surface area contributed by atoms with Gasteiger partial charge in [0.25, 0.3) is 0 Å². The number of carboxylic acids is 1. The number of carboxylic acid groups (broad SMARTS) is 1. The summed E-state index contributed by atoms with van der Waals surface area (Å²) in [7, 11) is 0. The smallest absolute Gasteiger partial charge is 0.307 e.